The van der Waals surface area contributed by atoms with E-state index in [1.54, 1.807) is 5.01 Å². The van der Waals surface area contributed by atoms with Crippen LogP contribution in [0.25, 0.3) is 49.7 Å². The number of aromatic nitrogens is 1. The molecule has 0 aliphatic carbocycles. The molecule has 2 N–H and O–H groups in total. The lowest BCUT2D eigenvalue weighted by Gasteiger charge is -2.27. The molecule has 55 heavy (non-hydrogen) atoms. The highest BCUT2D eigenvalue weighted by molar-refractivity contribution is 6.10. The van der Waals surface area contributed by atoms with Crippen molar-refractivity contribution >= 4 is 50.2 Å². The number of hydrazine groups is 1. The minimum atomic E-state index is 0.954. The summed E-state index contributed by atoms with van der Waals surface area (Å²) in [6, 6.07) is 67.2. The largest absolute Gasteiger partial charge is 0.310 e. The number of rotatable bonds is 8. The fourth-order valence-electron chi connectivity index (χ4n) is 7.90. The van der Waals surface area contributed by atoms with E-state index in [9.17, 15) is 0 Å². The third-order valence-electron chi connectivity index (χ3n) is 10.7. The summed E-state index contributed by atoms with van der Waals surface area (Å²) < 4.78 is 2.36. The Labute approximate surface area is 322 Å². The summed E-state index contributed by atoms with van der Waals surface area (Å²) in [4.78, 5) is 2.35. The molecule has 0 aliphatic heterocycles. The molecule has 0 amide bonds. The summed E-state index contributed by atoms with van der Waals surface area (Å²) in [5.41, 5.74) is 17.1. The van der Waals surface area contributed by atoms with Crippen molar-refractivity contribution in [1.29, 1.82) is 0 Å². The van der Waals surface area contributed by atoms with Crippen LogP contribution in [0.5, 0.6) is 0 Å². The maximum atomic E-state index is 6.56. The molecule has 0 radical (unpaired) electrons. The van der Waals surface area contributed by atoms with Crippen molar-refractivity contribution in [1.82, 2.24) is 4.57 Å². The van der Waals surface area contributed by atoms with E-state index in [1.165, 1.54) is 60.8 Å². The number of para-hydroxylation sites is 3. The smallest absolute Gasteiger partial charge is 0.0578 e. The van der Waals surface area contributed by atoms with Crippen LogP contribution in [0.2, 0.25) is 0 Å². The van der Waals surface area contributed by atoms with E-state index >= 15 is 0 Å². The van der Waals surface area contributed by atoms with Crippen LogP contribution in [0, 0.1) is 20.8 Å². The Kier molecular flexibility index (Phi) is 8.74. The Bertz CT molecular complexity index is 2800. The first-order chi connectivity index (χ1) is 26.9. The molecule has 0 fully saturated rings. The maximum absolute atomic E-state index is 6.56. The molecule has 0 saturated heterocycles. The van der Waals surface area contributed by atoms with Crippen molar-refractivity contribution < 1.29 is 0 Å². The van der Waals surface area contributed by atoms with Crippen molar-refractivity contribution in [2.75, 3.05) is 9.91 Å². The molecule has 1 aromatic heterocycles. The van der Waals surface area contributed by atoms with Crippen molar-refractivity contribution in [3.63, 3.8) is 0 Å². The minimum absolute atomic E-state index is 0.954. The summed E-state index contributed by atoms with van der Waals surface area (Å²) in [7, 11) is 0. The highest BCUT2D eigenvalue weighted by Crippen LogP contribution is 2.41. The molecule has 0 aliphatic rings. The minimum Gasteiger partial charge on any atom is -0.310 e. The van der Waals surface area contributed by atoms with Gasteiger partial charge in [-0.2, -0.15) is 0 Å². The summed E-state index contributed by atoms with van der Waals surface area (Å²) in [5, 5.41) is 4.24. The highest BCUT2D eigenvalue weighted by Gasteiger charge is 2.18. The van der Waals surface area contributed by atoms with Gasteiger partial charge in [-0.25, -0.2) is 5.84 Å². The Balaban J connectivity index is 1.08. The van der Waals surface area contributed by atoms with Gasteiger partial charge in [-0.3, -0.25) is 5.01 Å². The van der Waals surface area contributed by atoms with Gasteiger partial charge >= 0.3 is 0 Å². The summed E-state index contributed by atoms with van der Waals surface area (Å²) >= 11 is 0. The van der Waals surface area contributed by atoms with Gasteiger partial charge < -0.3 is 9.47 Å². The molecule has 266 valence electrons. The first-order valence-corrected chi connectivity index (χ1v) is 18.8. The number of fused-ring (bicyclic) bond motifs is 3. The monoisotopic (exact) mass is 710 g/mol. The van der Waals surface area contributed by atoms with Crippen LogP contribution in [-0.2, 0) is 0 Å². The molecule has 4 nitrogen and oxygen atoms in total. The average molecular weight is 711 g/mol. The third kappa shape index (κ3) is 6.33. The molecule has 9 aromatic rings. The van der Waals surface area contributed by atoms with Gasteiger partial charge in [0.25, 0.3) is 0 Å². The zero-order chi connectivity index (χ0) is 37.5. The van der Waals surface area contributed by atoms with Gasteiger partial charge in [0.1, 0.15) is 0 Å². The predicted octanol–water partition coefficient (Wildman–Crippen LogP) is 13.5. The second kappa shape index (κ2) is 14.2. The lowest BCUT2D eigenvalue weighted by molar-refractivity contribution is 1.08. The molecular weight excluding hydrogens is 669 g/mol. The van der Waals surface area contributed by atoms with Gasteiger partial charge in [-0.05, 0) is 145 Å². The lowest BCUT2D eigenvalue weighted by atomic mass is 9.95. The van der Waals surface area contributed by atoms with Crippen molar-refractivity contribution in [3.8, 4) is 27.9 Å². The van der Waals surface area contributed by atoms with Gasteiger partial charge in [0.2, 0.25) is 0 Å². The van der Waals surface area contributed by atoms with Crippen LogP contribution < -0.4 is 15.8 Å². The lowest BCUT2D eigenvalue weighted by Crippen LogP contribution is -2.24. The van der Waals surface area contributed by atoms with Gasteiger partial charge in [0, 0.05) is 33.5 Å². The first-order valence-electron chi connectivity index (χ1n) is 18.8. The number of aryl methyl sites for hydroxylation is 3. The maximum Gasteiger partial charge on any atom is 0.0578 e. The SMILES string of the molecule is Cc1ccc(N(N)c2ccc(-c3ccc(N(c4ccccc4)c4cccc(-c5ccc6c(c5)c5ccccc5n6-c5ccccc5)c4)cc3C)c(C)c2)cc1. The predicted molar refractivity (Wildman–Crippen MR) is 233 cm³/mol. The third-order valence-corrected chi connectivity index (χ3v) is 10.7. The van der Waals surface area contributed by atoms with E-state index in [2.05, 4.69) is 218 Å². The Morgan fingerprint density at radius 3 is 1.69 bits per heavy atom. The average Bonchev–Trinajstić information content (AvgIpc) is 3.56. The quantitative estimate of drug-likeness (QED) is 0.126. The Morgan fingerprint density at radius 1 is 0.400 bits per heavy atom. The fourth-order valence-corrected chi connectivity index (χ4v) is 7.90. The summed E-state index contributed by atoms with van der Waals surface area (Å²) in [6.45, 7) is 6.45. The van der Waals surface area contributed by atoms with Crippen LogP contribution in [0.4, 0.5) is 28.4 Å². The fraction of sp³-hybridized carbons (Fsp3) is 0.0588. The standard InChI is InChI=1S/C51H42N4/c1-35-21-24-42(25-22-35)55(52)45-27-29-47(37(3)32-45)46-28-26-44(31-36(46)2)53(40-14-6-4-7-15-40)43-18-12-13-38(33-43)39-23-30-51-49(34-39)48-19-10-11-20-50(48)54(51)41-16-8-5-9-17-41/h4-34H,52H2,1-3H3. The number of nitrogens with zero attached hydrogens (tertiary/aromatic N) is 3. The van der Waals surface area contributed by atoms with E-state index in [1.807, 2.05) is 0 Å². The number of benzene rings is 8. The van der Waals surface area contributed by atoms with Crippen LogP contribution in [0.3, 0.4) is 0 Å². The number of hydrogen-bond donors (Lipinski definition) is 1. The number of nitrogens with two attached hydrogens (primary N) is 1. The van der Waals surface area contributed by atoms with E-state index in [0.717, 1.165) is 34.1 Å². The molecule has 9 rings (SSSR count). The van der Waals surface area contributed by atoms with Crippen LogP contribution in [-0.4, -0.2) is 4.57 Å². The van der Waals surface area contributed by atoms with Crippen LogP contribution in [0.15, 0.2) is 188 Å². The Morgan fingerprint density at radius 2 is 0.964 bits per heavy atom. The van der Waals surface area contributed by atoms with Gasteiger partial charge in [0.05, 0.1) is 22.4 Å². The molecule has 4 heteroatoms. The molecule has 0 saturated carbocycles. The first kappa shape index (κ1) is 33.9. The van der Waals surface area contributed by atoms with Gasteiger partial charge in [0.15, 0.2) is 0 Å². The van der Waals surface area contributed by atoms with Crippen LogP contribution in [0.1, 0.15) is 16.7 Å². The normalized spacial score (nSPS) is 11.3. The van der Waals surface area contributed by atoms with E-state index in [4.69, 9.17) is 5.84 Å². The zero-order valence-electron chi connectivity index (χ0n) is 31.3. The molecule has 8 aromatic carbocycles. The number of hydrogen-bond acceptors (Lipinski definition) is 3. The van der Waals surface area contributed by atoms with Gasteiger partial charge in [-0.15, -0.1) is 0 Å². The second-order valence-electron chi connectivity index (χ2n) is 14.3. The highest BCUT2D eigenvalue weighted by atomic mass is 15.4. The number of anilines is 5. The topological polar surface area (TPSA) is 37.4 Å². The van der Waals surface area contributed by atoms with Crippen molar-refractivity contribution in [3.05, 3.63) is 205 Å². The Hall–Kier alpha value is -6.88. The molecule has 0 atom stereocenters. The van der Waals surface area contributed by atoms with Crippen molar-refractivity contribution in [2.45, 2.75) is 20.8 Å². The molecule has 0 spiro atoms. The summed E-state index contributed by atoms with van der Waals surface area (Å²) in [6.07, 6.45) is 0. The molecule has 0 bridgehead atoms. The van der Waals surface area contributed by atoms with Crippen LogP contribution >= 0.6 is 0 Å². The van der Waals surface area contributed by atoms with Crippen molar-refractivity contribution in [2.24, 2.45) is 5.84 Å². The molecule has 1 heterocycles. The van der Waals surface area contributed by atoms with E-state index < -0.39 is 0 Å². The van der Waals surface area contributed by atoms with Gasteiger partial charge in [-0.1, -0.05) is 103 Å². The molecule has 0 unspecified atom stereocenters. The second-order valence-corrected chi connectivity index (χ2v) is 14.3. The summed E-state index contributed by atoms with van der Waals surface area (Å²) in [5.74, 6) is 6.56. The van der Waals surface area contributed by atoms with E-state index in [0.29, 0.717) is 0 Å². The van der Waals surface area contributed by atoms with E-state index in [-0.39, 0.29) is 0 Å². The zero-order valence-corrected chi connectivity index (χ0v) is 31.3. The molecular formula is C51H42N4.